The predicted molar refractivity (Wildman–Crippen MR) is 194 cm³/mol. The van der Waals surface area contributed by atoms with Gasteiger partial charge in [-0.15, -0.1) is 0 Å². The number of carbonyl (C=O) groups is 1. The molecule has 2 fully saturated rings. The number of benzene rings is 4. The summed E-state index contributed by atoms with van der Waals surface area (Å²) in [6.45, 7) is 4.51. The minimum Gasteiger partial charge on any atom is -0.392 e. The van der Waals surface area contributed by atoms with Crippen molar-refractivity contribution in [1.29, 1.82) is 0 Å². The Hall–Kier alpha value is -5.20. The maximum absolute atomic E-state index is 13.2. The highest BCUT2D eigenvalue weighted by molar-refractivity contribution is 6.03. The molecule has 4 aromatic carbocycles. The van der Waals surface area contributed by atoms with Crippen LogP contribution in [-0.4, -0.2) is 61.2 Å². The third-order valence-electron chi connectivity index (χ3n) is 10.2. The SMILES string of the molecule is C[C@H]1[C@@H](CN2CCC(n3c(=O)[nH]c4ccccc43)CC2)O[C@@H](c2cccc(NC(=O)c3cnc4ccccc4n3)c2)O[C@H]1c1ccc(CO)cc1. The van der Waals surface area contributed by atoms with Gasteiger partial charge in [0.2, 0.25) is 0 Å². The fourth-order valence-corrected chi connectivity index (χ4v) is 7.40. The van der Waals surface area contributed by atoms with Crippen molar-refractivity contribution in [2.24, 2.45) is 5.92 Å². The van der Waals surface area contributed by atoms with E-state index in [1.165, 1.54) is 6.20 Å². The van der Waals surface area contributed by atoms with Gasteiger partial charge in [-0.3, -0.25) is 14.3 Å². The van der Waals surface area contributed by atoms with E-state index in [-0.39, 0.29) is 48.1 Å². The smallest absolute Gasteiger partial charge is 0.326 e. The van der Waals surface area contributed by atoms with Crippen LogP contribution < -0.4 is 11.0 Å². The molecule has 3 N–H and O–H groups in total. The molecule has 4 atom stereocenters. The number of carbonyl (C=O) groups excluding carboxylic acids is 1. The summed E-state index contributed by atoms with van der Waals surface area (Å²) in [4.78, 5) is 40.4. The van der Waals surface area contributed by atoms with Gasteiger partial charge < -0.3 is 29.8 Å². The van der Waals surface area contributed by atoms with Crippen LogP contribution in [0.25, 0.3) is 22.1 Å². The molecule has 11 nitrogen and oxygen atoms in total. The van der Waals surface area contributed by atoms with E-state index in [4.69, 9.17) is 9.47 Å². The molecular formula is C40H40N6O5. The van der Waals surface area contributed by atoms with Crippen LogP contribution in [0.15, 0.2) is 108 Å². The zero-order valence-electron chi connectivity index (χ0n) is 28.3. The van der Waals surface area contributed by atoms with Gasteiger partial charge in [0.15, 0.2) is 6.29 Å². The molecule has 260 valence electrons. The molecule has 0 spiro atoms. The van der Waals surface area contributed by atoms with Gasteiger partial charge in [0.25, 0.3) is 5.91 Å². The van der Waals surface area contributed by atoms with Gasteiger partial charge >= 0.3 is 5.69 Å². The van der Waals surface area contributed by atoms with Crippen molar-refractivity contribution in [3.05, 3.63) is 136 Å². The number of aromatic nitrogens is 4. The first-order valence-electron chi connectivity index (χ1n) is 17.5. The summed E-state index contributed by atoms with van der Waals surface area (Å²) in [5.74, 6) is -0.341. The Morgan fingerprint density at radius 3 is 2.49 bits per heavy atom. The first kappa shape index (κ1) is 33.0. The van der Waals surface area contributed by atoms with Gasteiger partial charge in [0.05, 0.1) is 47.1 Å². The van der Waals surface area contributed by atoms with Gasteiger partial charge in [-0.25, -0.2) is 9.78 Å². The van der Waals surface area contributed by atoms with E-state index in [9.17, 15) is 14.7 Å². The van der Waals surface area contributed by atoms with Crippen molar-refractivity contribution in [3.63, 3.8) is 0 Å². The second-order valence-corrected chi connectivity index (χ2v) is 13.5. The van der Waals surface area contributed by atoms with Crippen LogP contribution in [0.3, 0.4) is 0 Å². The third kappa shape index (κ3) is 6.81. The van der Waals surface area contributed by atoms with Gasteiger partial charge in [-0.1, -0.05) is 67.6 Å². The van der Waals surface area contributed by atoms with Crippen molar-refractivity contribution >= 4 is 33.7 Å². The van der Waals surface area contributed by atoms with E-state index >= 15 is 0 Å². The molecule has 2 saturated heterocycles. The highest BCUT2D eigenvalue weighted by Gasteiger charge is 2.40. The maximum atomic E-state index is 13.2. The van der Waals surface area contributed by atoms with Crippen LogP contribution in [0.4, 0.5) is 5.69 Å². The van der Waals surface area contributed by atoms with Crippen LogP contribution in [-0.2, 0) is 16.1 Å². The Morgan fingerprint density at radius 1 is 0.922 bits per heavy atom. The van der Waals surface area contributed by atoms with Crippen molar-refractivity contribution < 1.29 is 19.4 Å². The number of likely N-dealkylation sites (tertiary alicyclic amines) is 1. The summed E-state index contributed by atoms with van der Waals surface area (Å²) in [6.07, 6.45) is 2.08. The van der Waals surface area contributed by atoms with Gasteiger partial charge in [0.1, 0.15) is 5.69 Å². The van der Waals surface area contributed by atoms with E-state index in [2.05, 4.69) is 32.1 Å². The lowest BCUT2D eigenvalue weighted by molar-refractivity contribution is -0.276. The Morgan fingerprint density at radius 2 is 1.69 bits per heavy atom. The number of fused-ring (bicyclic) bond motifs is 2. The Kier molecular flexibility index (Phi) is 9.18. The number of nitrogens with zero attached hydrogens (tertiary/aromatic N) is 4. The van der Waals surface area contributed by atoms with E-state index in [0.717, 1.165) is 59.2 Å². The number of ether oxygens (including phenoxy) is 2. The first-order chi connectivity index (χ1) is 24.9. The molecule has 0 unspecified atom stereocenters. The Balaban J connectivity index is 1.00. The number of para-hydroxylation sites is 4. The number of imidazole rings is 1. The number of aliphatic hydroxyl groups excluding tert-OH is 1. The molecule has 0 bridgehead atoms. The second kappa shape index (κ2) is 14.2. The highest BCUT2D eigenvalue weighted by Crippen LogP contribution is 2.42. The number of aliphatic hydroxyl groups is 1. The number of hydrogen-bond donors (Lipinski definition) is 3. The number of hydrogen-bond acceptors (Lipinski definition) is 8. The number of piperidine rings is 1. The molecule has 6 aromatic rings. The minimum atomic E-state index is -0.687. The standard InChI is InChI=1S/C40H40N6O5/c1-25-36(23-45-19-17-30(18-20-45)46-35-12-5-4-11-33(35)44-40(46)49)50-39(51-37(25)27-15-13-26(24-47)14-16-27)28-7-6-8-29(21-28)42-38(48)34-22-41-31-9-2-3-10-32(31)43-34/h2-16,21-22,25,30,36-37,39,47H,17-20,23-24H2,1H3,(H,42,48)(H,44,49)/t25-,36+,37+,39+/m0/s1. The molecule has 0 radical (unpaired) electrons. The topological polar surface area (TPSA) is 135 Å². The van der Waals surface area contributed by atoms with Crippen molar-refractivity contribution in [1.82, 2.24) is 24.4 Å². The van der Waals surface area contributed by atoms with Crippen LogP contribution in [0.5, 0.6) is 0 Å². The van der Waals surface area contributed by atoms with Crippen LogP contribution in [0, 0.1) is 5.92 Å². The largest absolute Gasteiger partial charge is 0.392 e. The predicted octanol–water partition coefficient (Wildman–Crippen LogP) is 6.15. The normalized spacial score (nSPS) is 21.6. The lowest BCUT2D eigenvalue weighted by Crippen LogP contribution is -2.47. The molecule has 0 saturated carbocycles. The van der Waals surface area contributed by atoms with Gasteiger partial charge in [-0.05, 0) is 60.4 Å². The molecular weight excluding hydrogens is 644 g/mol. The fourth-order valence-electron chi connectivity index (χ4n) is 7.40. The van der Waals surface area contributed by atoms with E-state index in [1.54, 1.807) is 0 Å². The second-order valence-electron chi connectivity index (χ2n) is 13.5. The molecule has 1 amide bonds. The van der Waals surface area contributed by atoms with Crippen LogP contribution in [0.1, 0.15) is 65.4 Å². The average molecular weight is 685 g/mol. The maximum Gasteiger partial charge on any atom is 0.326 e. The number of amides is 1. The van der Waals surface area contributed by atoms with Gasteiger partial charge in [0, 0.05) is 42.8 Å². The number of anilines is 1. The number of H-pyrrole nitrogens is 1. The zero-order chi connectivity index (χ0) is 34.9. The quantitative estimate of drug-likeness (QED) is 0.174. The van der Waals surface area contributed by atoms with E-state index in [0.29, 0.717) is 17.7 Å². The van der Waals surface area contributed by atoms with Gasteiger partial charge in [-0.2, -0.15) is 0 Å². The zero-order valence-corrected chi connectivity index (χ0v) is 28.3. The number of rotatable bonds is 8. The molecule has 2 aliphatic heterocycles. The number of nitrogens with one attached hydrogen (secondary N) is 2. The lowest BCUT2D eigenvalue weighted by Gasteiger charge is -2.44. The minimum absolute atomic E-state index is 0.0181. The van der Waals surface area contributed by atoms with Crippen LogP contribution in [0.2, 0.25) is 0 Å². The third-order valence-corrected chi connectivity index (χ3v) is 10.2. The molecule has 2 aromatic heterocycles. The Labute approximate surface area is 294 Å². The summed E-state index contributed by atoms with van der Waals surface area (Å²) >= 11 is 0. The fraction of sp³-hybridized carbons (Fsp3) is 0.300. The number of aromatic amines is 1. The molecule has 0 aliphatic carbocycles. The molecule has 8 rings (SSSR count). The monoisotopic (exact) mass is 684 g/mol. The summed E-state index contributed by atoms with van der Waals surface area (Å²) < 4.78 is 15.4. The summed E-state index contributed by atoms with van der Waals surface area (Å²) in [5.41, 5.74) is 6.57. The average Bonchev–Trinajstić information content (AvgIpc) is 3.51. The summed E-state index contributed by atoms with van der Waals surface area (Å²) in [7, 11) is 0. The molecule has 2 aliphatic rings. The highest BCUT2D eigenvalue weighted by atomic mass is 16.7. The van der Waals surface area contributed by atoms with Crippen molar-refractivity contribution in [3.8, 4) is 0 Å². The van der Waals surface area contributed by atoms with Crippen molar-refractivity contribution in [2.75, 3.05) is 25.0 Å². The summed E-state index contributed by atoms with van der Waals surface area (Å²) in [5, 5.41) is 12.6. The van der Waals surface area contributed by atoms with Crippen LogP contribution >= 0.6 is 0 Å². The van der Waals surface area contributed by atoms with Crippen molar-refractivity contribution in [2.45, 2.75) is 50.9 Å². The molecule has 51 heavy (non-hydrogen) atoms. The lowest BCUT2D eigenvalue weighted by atomic mass is 9.89. The first-order valence-corrected chi connectivity index (χ1v) is 17.5. The molecule has 4 heterocycles. The van der Waals surface area contributed by atoms with E-state index < -0.39 is 6.29 Å². The summed E-state index contributed by atoms with van der Waals surface area (Å²) in [6, 6.07) is 30.8. The Bertz CT molecular complexity index is 2230. The molecule has 11 heteroatoms. The van der Waals surface area contributed by atoms with E-state index in [1.807, 2.05) is 102 Å².